The number of amides is 2. The van der Waals surface area contributed by atoms with Crippen molar-refractivity contribution in [3.63, 3.8) is 0 Å². The summed E-state index contributed by atoms with van der Waals surface area (Å²) in [5, 5.41) is 0.372. The summed E-state index contributed by atoms with van der Waals surface area (Å²) in [5.74, 6) is 0.596. The van der Waals surface area contributed by atoms with Gasteiger partial charge >= 0.3 is 6.09 Å². The molecule has 0 N–H and O–H groups in total. The van der Waals surface area contributed by atoms with Crippen molar-refractivity contribution in [1.29, 1.82) is 0 Å². The Labute approximate surface area is 207 Å². The predicted molar refractivity (Wildman–Crippen MR) is 134 cm³/mol. The topological polar surface area (TPSA) is 88.9 Å². The number of ether oxygens (including phenoxy) is 1. The molecule has 1 saturated carbocycles. The number of nitrogens with zero attached hydrogens (tertiary/aromatic N) is 3. The van der Waals surface area contributed by atoms with Crippen LogP contribution in [0.5, 0.6) is 0 Å². The van der Waals surface area contributed by atoms with Crippen LogP contribution in [0.25, 0.3) is 10.9 Å². The van der Waals surface area contributed by atoms with Gasteiger partial charge in [-0.25, -0.2) is 17.2 Å². The molecular formula is C26H35N3O5S. The molecule has 35 heavy (non-hydrogen) atoms. The minimum absolute atomic E-state index is 0.0230. The van der Waals surface area contributed by atoms with Crippen molar-refractivity contribution in [2.45, 2.75) is 77.2 Å². The lowest BCUT2D eigenvalue weighted by Gasteiger charge is -2.31. The molecule has 2 amide bonds. The summed E-state index contributed by atoms with van der Waals surface area (Å²) in [7, 11) is -3.53. The zero-order chi connectivity index (χ0) is 25.1. The van der Waals surface area contributed by atoms with E-state index >= 15 is 0 Å². The zero-order valence-corrected chi connectivity index (χ0v) is 21.9. The van der Waals surface area contributed by atoms with Crippen molar-refractivity contribution in [1.82, 2.24) is 13.8 Å². The average Bonchev–Trinajstić information content (AvgIpc) is 3.60. The van der Waals surface area contributed by atoms with Crippen molar-refractivity contribution in [3.05, 3.63) is 35.0 Å². The average molecular weight is 502 g/mol. The lowest BCUT2D eigenvalue weighted by atomic mass is 9.98. The maximum atomic E-state index is 13.4. The Morgan fingerprint density at radius 2 is 1.69 bits per heavy atom. The maximum absolute atomic E-state index is 13.4. The van der Waals surface area contributed by atoms with Gasteiger partial charge in [-0.2, -0.15) is 0 Å². The number of rotatable bonds is 3. The lowest BCUT2D eigenvalue weighted by molar-refractivity contribution is 0.0224. The molecular weight excluding hydrogens is 466 g/mol. The van der Waals surface area contributed by atoms with E-state index in [4.69, 9.17) is 4.74 Å². The number of carbonyl (C=O) groups is 2. The Bertz CT molecular complexity index is 1280. The third-order valence-corrected chi connectivity index (χ3v) is 9.51. The molecule has 1 aromatic carbocycles. The molecule has 0 bridgehead atoms. The van der Waals surface area contributed by atoms with E-state index in [1.807, 2.05) is 31.7 Å². The van der Waals surface area contributed by atoms with Crippen LogP contribution in [0.4, 0.5) is 4.79 Å². The van der Waals surface area contributed by atoms with E-state index in [-0.39, 0.29) is 17.7 Å². The number of likely N-dealkylation sites (tertiary alicyclic amines) is 1. The van der Waals surface area contributed by atoms with Gasteiger partial charge in [-0.05, 0) is 70.6 Å². The summed E-state index contributed by atoms with van der Waals surface area (Å²) in [6.07, 6.45) is 3.33. The van der Waals surface area contributed by atoms with Gasteiger partial charge in [0.1, 0.15) is 5.60 Å². The maximum Gasteiger partial charge on any atom is 0.410 e. The molecule has 0 spiro atoms. The van der Waals surface area contributed by atoms with Crippen LogP contribution in [-0.4, -0.2) is 64.7 Å². The first-order valence-electron chi connectivity index (χ1n) is 12.6. The van der Waals surface area contributed by atoms with E-state index in [0.717, 1.165) is 42.6 Å². The minimum atomic E-state index is -3.53. The number of carbonyl (C=O) groups excluding carboxylic acids is 2. The van der Waals surface area contributed by atoms with Crippen molar-refractivity contribution in [2.75, 3.05) is 19.6 Å². The van der Waals surface area contributed by atoms with Crippen LogP contribution in [0.3, 0.4) is 0 Å². The largest absolute Gasteiger partial charge is 0.444 e. The number of hydrogen-bond acceptors (Lipinski definition) is 5. The van der Waals surface area contributed by atoms with Gasteiger partial charge in [0.2, 0.25) is 10.0 Å². The summed E-state index contributed by atoms with van der Waals surface area (Å²) in [6, 6.07) is 5.34. The highest BCUT2D eigenvalue weighted by Crippen LogP contribution is 2.38. The number of fused-ring (bicyclic) bond motifs is 3. The molecule has 190 valence electrons. The number of benzene rings is 1. The molecule has 3 heterocycles. The highest BCUT2D eigenvalue weighted by molar-refractivity contribution is 7.91. The first-order chi connectivity index (χ1) is 16.5. The quantitative estimate of drug-likeness (QED) is 0.631. The molecule has 1 aliphatic carbocycles. The summed E-state index contributed by atoms with van der Waals surface area (Å²) >= 11 is 0. The van der Waals surface area contributed by atoms with Crippen LogP contribution < -0.4 is 0 Å². The van der Waals surface area contributed by atoms with Gasteiger partial charge in [0.15, 0.2) is 0 Å². The lowest BCUT2D eigenvalue weighted by Crippen LogP contribution is -2.40. The van der Waals surface area contributed by atoms with Crippen LogP contribution in [0.1, 0.15) is 75.0 Å². The van der Waals surface area contributed by atoms with E-state index in [2.05, 4.69) is 6.92 Å². The second kappa shape index (κ2) is 8.54. The minimum Gasteiger partial charge on any atom is -0.444 e. The monoisotopic (exact) mass is 501 g/mol. The van der Waals surface area contributed by atoms with E-state index in [0.29, 0.717) is 42.8 Å². The van der Waals surface area contributed by atoms with Gasteiger partial charge in [-0.15, -0.1) is 0 Å². The molecule has 3 aliphatic rings. The first kappa shape index (κ1) is 24.2. The smallest absolute Gasteiger partial charge is 0.410 e. The number of aromatic nitrogens is 1. The fraction of sp³-hybridized carbons (Fsp3) is 0.615. The fourth-order valence-corrected chi connectivity index (χ4v) is 7.11. The highest BCUT2D eigenvalue weighted by atomic mass is 32.2. The van der Waals surface area contributed by atoms with Crippen LogP contribution >= 0.6 is 0 Å². The van der Waals surface area contributed by atoms with Crippen molar-refractivity contribution in [3.8, 4) is 0 Å². The zero-order valence-electron chi connectivity index (χ0n) is 21.0. The number of hydrogen-bond donors (Lipinski definition) is 0. The van der Waals surface area contributed by atoms with Gasteiger partial charge in [0, 0.05) is 48.3 Å². The molecule has 2 aliphatic heterocycles. The molecule has 0 atom stereocenters. The van der Waals surface area contributed by atoms with Gasteiger partial charge in [-0.3, -0.25) is 4.79 Å². The molecule has 5 rings (SSSR count). The van der Waals surface area contributed by atoms with E-state index in [1.165, 1.54) is 3.97 Å². The van der Waals surface area contributed by atoms with Gasteiger partial charge in [0.25, 0.3) is 5.91 Å². The van der Waals surface area contributed by atoms with Crippen molar-refractivity contribution < 1.29 is 22.7 Å². The Morgan fingerprint density at radius 3 is 2.31 bits per heavy atom. The van der Waals surface area contributed by atoms with Crippen LogP contribution in [0, 0.1) is 5.92 Å². The molecule has 0 unspecified atom stereocenters. The van der Waals surface area contributed by atoms with Crippen LogP contribution in [0.15, 0.2) is 18.2 Å². The van der Waals surface area contributed by atoms with Crippen LogP contribution in [0.2, 0.25) is 0 Å². The first-order valence-corrected chi connectivity index (χ1v) is 14.1. The molecule has 9 heteroatoms. The standard InChI is InChI=1S/C26H35N3O5S/c1-17-9-12-27(13-10-17)24(30)18-5-8-22-20(15-18)21-16-28(25(31)34-26(2,3)4)14-11-23(21)29(22)35(32,33)19-6-7-19/h5,8,15,17,19H,6-7,9-14,16H2,1-4H3. The van der Waals surface area contributed by atoms with E-state index in [1.54, 1.807) is 17.0 Å². The normalized spacial score (nSPS) is 19.7. The van der Waals surface area contributed by atoms with Crippen molar-refractivity contribution in [2.24, 2.45) is 5.92 Å². The Hall–Kier alpha value is -2.55. The van der Waals surface area contributed by atoms with E-state index < -0.39 is 21.7 Å². The SMILES string of the molecule is CC1CCN(C(=O)c2ccc3c(c2)c2c(n3S(=O)(=O)C3CC3)CCN(C(=O)OC(C)(C)C)C2)CC1. The molecule has 1 aromatic heterocycles. The predicted octanol–water partition coefficient (Wildman–Crippen LogP) is 4.15. The summed E-state index contributed by atoms with van der Waals surface area (Å²) in [4.78, 5) is 29.6. The summed E-state index contributed by atoms with van der Waals surface area (Å²) in [5.41, 5.74) is 2.06. The molecule has 2 fully saturated rings. The Kier molecular flexibility index (Phi) is 5.89. The summed E-state index contributed by atoms with van der Waals surface area (Å²) in [6.45, 7) is 9.80. The second-order valence-corrected chi connectivity index (χ2v) is 13.4. The van der Waals surface area contributed by atoms with Crippen LogP contribution in [-0.2, 0) is 27.7 Å². The van der Waals surface area contributed by atoms with E-state index in [9.17, 15) is 18.0 Å². The van der Waals surface area contributed by atoms with Gasteiger partial charge < -0.3 is 14.5 Å². The van der Waals surface area contributed by atoms with Gasteiger partial charge in [0.05, 0.1) is 17.3 Å². The molecule has 2 aromatic rings. The van der Waals surface area contributed by atoms with Gasteiger partial charge in [-0.1, -0.05) is 6.92 Å². The third kappa shape index (κ3) is 4.55. The molecule has 1 saturated heterocycles. The highest BCUT2D eigenvalue weighted by Gasteiger charge is 2.41. The summed E-state index contributed by atoms with van der Waals surface area (Å²) < 4.78 is 33.9. The molecule has 8 nitrogen and oxygen atoms in total. The third-order valence-electron chi connectivity index (χ3n) is 7.27. The van der Waals surface area contributed by atoms with Crippen molar-refractivity contribution >= 4 is 32.9 Å². The Balaban J connectivity index is 1.56. The number of piperidine rings is 1. The second-order valence-electron chi connectivity index (χ2n) is 11.3. The molecule has 0 radical (unpaired) electrons. The fourth-order valence-electron chi connectivity index (χ4n) is 5.13. The Morgan fingerprint density at radius 1 is 1.00 bits per heavy atom.